The van der Waals surface area contributed by atoms with Crippen LogP contribution < -0.4 is 10.1 Å². The third-order valence-corrected chi connectivity index (χ3v) is 5.70. The summed E-state index contributed by atoms with van der Waals surface area (Å²) in [5.41, 5.74) is 1.94. The van der Waals surface area contributed by atoms with E-state index in [0.29, 0.717) is 64.4 Å². The van der Waals surface area contributed by atoms with Gasteiger partial charge in [-0.2, -0.15) is 0 Å². The van der Waals surface area contributed by atoms with E-state index >= 15 is 0 Å². The van der Waals surface area contributed by atoms with Crippen molar-refractivity contribution in [3.8, 4) is 5.75 Å². The van der Waals surface area contributed by atoms with Gasteiger partial charge in [-0.25, -0.2) is 0 Å². The van der Waals surface area contributed by atoms with E-state index in [4.69, 9.17) is 4.74 Å². The molecule has 0 aliphatic carbocycles. The van der Waals surface area contributed by atoms with Gasteiger partial charge in [-0.1, -0.05) is 13.8 Å². The molecule has 0 aromatic heterocycles. The minimum absolute atomic E-state index is 0.0513. The number of nitrogens with zero attached hydrogens (tertiary/aromatic N) is 2. The van der Waals surface area contributed by atoms with Crippen molar-refractivity contribution in [2.75, 3.05) is 38.1 Å². The summed E-state index contributed by atoms with van der Waals surface area (Å²) in [5.74, 6) is 1.68. The van der Waals surface area contributed by atoms with Crippen LogP contribution in [0, 0.1) is 5.92 Å². The van der Waals surface area contributed by atoms with Gasteiger partial charge in [0.05, 0.1) is 6.61 Å². The molecule has 1 saturated heterocycles. The summed E-state index contributed by atoms with van der Waals surface area (Å²) in [7, 11) is 0. The first-order valence-corrected chi connectivity index (χ1v) is 11.0. The van der Waals surface area contributed by atoms with Crippen LogP contribution in [0.3, 0.4) is 0 Å². The van der Waals surface area contributed by atoms with Gasteiger partial charge >= 0.3 is 0 Å². The molecule has 164 valence electrons. The third-order valence-electron chi connectivity index (χ3n) is 5.70. The highest BCUT2D eigenvalue weighted by atomic mass is 16.5. The summed E-state index contributed by atoms with van der Waals surface area (Å²) in [4.78, 5) is 39.8. The maximum absolute atomic E-state index is 12.5. The predicted molar refractivity (Wildman–Crippen MR) is 115 cm³/mol. The smallest absolute Gasteiger partial charge is 0.224 e. The summed E-state index contributed by atoms with van der Waals surface area (Å²) in [6.45, 7) is 7.21. The van der Waals surface area contributed by atoms with E-state index in [-0.39, 0.29) is 17.7 Å². The van der Waals surface area contributed by atoms with Crippen molar-refractivity contribution in [3.05, 3.63) is 23.8 Å². The van der Waals surface area contributed by atoms with Crippen LogP contribution in [0.1, 0.15) is 51.5 Å². The second kappa shape index (κ2) is 10.5. The lowest BCUT2D eigenvalue weighted by Crippen LogP contribution is -2.50. The number of ether oxygens (including phenoxy) is 1. The SMILES string of the molecule is CC(C)CCC(=O)N1CCN(C(=O)CCCOc2ccc3c(c2)CCC(=O)N3)CC1. The Morgan fingerprint density at radius 1 is 1.03 bits per heavy atom. The highest BCUT2D eigenvalue weighted by molar-refractivity contribution is 5.94. The molecule has 7 nitrogen and oxygen atoms in total. The minimum Gasteiger partial charge on any atom is -0.494 e. The van der Waals surface area contributed by atoms with E-state index in [0.717, 1.165) is 29.8 Å². The van der Waals surface area contributed by atoms with Gasteiger partial charge in [-0.15, -0.1) is 0 Å². The number of hydrogen-bond acceptors (Lipinski definition) is 4. The molecule has 0 saturated carbocycles. The normalized spacial score (nSPS) is 16.3. The Labute approximate surface area is 178 Å². The lowest BCUT2D eigenvalue weighted by atomic mass is 10.0. The number of nitrogens with one attached hydrogen (secondary N) is 1. The highest BCUT2D eigenvalue weighted by Gasteiger charge is 2.23. The number of aryl methyl sites for hydroxylation is 1. The van der Waals surface area contributed by atoms with E-state index < -0.39 is 0 Å². The van der Waals surface area contributed by atoms with Crippen molar-refractivity contribution in [1.29, 1.82) is 0 Å². The Morgan fingerprint density at radius 3 is 2.37 bits per heavy atom. The van der Waals surface area contributed by atoms with Gasteiger partial charge < -0.3 is 19.9 Å². The van der Waals surface area contributed by atoms with Gasteiger partial charge in [0, 0.05) is 51.1 Å². The molecule has 0 bridgehead atoms. The molecule has 2 aliphatic heterocycles. The predicted octanol–water partition coefficient (Wildman–Crippen LogP) is 2.84. The van der Waals surface area contributed by atoms with Crippen molar-refractivity contribution in [1.82, 2.24) is 9.80 Å². The van der Waals surface area contributed by atoms with E-state index in [1.165, 1.54) is 0 Å². The number of rotatable bonds is 8. The van der Waals surface area contributed by atoms with E-state index in [1.54, 1.807) is 0 Å². The molecule has 3 rings (SSSR count). The van der Waals surface area contributed by atoms with Gasteiger partial charge in [0.1, 0.15) is 5.75 Å². The fourth-order valence-corrected chi connectivity index (χ4v) is 3.80. The first kappa shape index (κ1) is 22.1. The molecule has 0 spiro atoms. The summed E-state index contributed by atoms with van der Waals surface area (Å²) in [5, 5.41) is 2.86. The summed E-state index contributed by atoms with van der Waals surface area (Å²) < 4.78 is 5.79. The van der Waals surface area contributed by atoms with E-state index in [1.807, 2.05) is 28.0 Å². The lowest BCUT2D eigenvalue weighted by Gasteiger charge is -2.35. The third kappa shape index (κ3) is 6.21. The maximum atomic E-state index is 12.5. The topological polar surface area (TPSA) is 79.0 Å². The van der Waals surface area contributed by atoms with Crippen LogP contribution in [0.15, 0.2) is 18.2 Å². The molecule has 0 radical (unpaired) electrons. The van der Waals surface area contributed by atoms with Crippen LogP contribution in [0.25, 0.3) is 0 Å². The molecule has 1 fully saturated rings. The average molecular weight is 416 g/mol. The van der Waals surface area contributed by atoms with Crippen molar-refractivity contribution in [2.24, 2.45) is 5.92 Å². The summed E-state index contributed by atoms with van der Waals surface area (Å²) in [6, 6.07) is 5.68. The van der Waals surface area contributed by atoms with Crippen molar-refractivity contribution >= 4 is 23.4 Å². The Balaban J connectivity index is 1.34. The zero-order valence-corrected chi connectivity index (χ0v) is 18.1. The maximum Gasteiger partial charge on any atom is 0.224 e. The van der Waals surface area contributed by atoms with Crippen LogP contribution in [-0.2, 0) is 20.8 Å². The molecule has 2 aliphatic rings. The minimum atomic E-state index is 0.0513. The Bertz CT molecular complexity index is 770. The largest absolute Gasteiger partial charge is 0.494 e. The summed E-state index contributed by atoms with van der Waals surface area (Å²) >= 11 is 0. The van der Waals surface area contributed by atoms with Crippen LogP contribution in [-0.4, -0.2) is 60.3 Å². The highest BCUT2D eigenvalue weighted by Crippen LogP contribution is 2.26. The Kier molecular flexibility index (Phi) is 7.71. The lowest BCUT2D eigenvalue weighted by molar-refractivity contribution is -0.139. The number of fused-ring (bicyclic) bond motifs is 1. The van der Waals surface area contributed by atoms with E-state index in [2.05, 4.69) is 19.2 Å². The zero-order chi connectivity index (χ0) is 21.5. The number of anilines is 1. The Hall–Kier alpha value is -2.57. The average Bonchev–Trinajstić information content (AvgIpc) is 2.75. The monoisotopic (exact) mass is 415 g/mol. The number of piperazine rings is 1. The molecule has 7 heteroatoms. The molecule has 1 N–H and O–H groups in total. The first-order valence-electron chi connectivity index (χ1n) is 11.0. The van der Waals surface area contributed by atoms with Gasteiger partial charge in [-0.3, -0.25) is 14.4 Å². The van der Waals surface area contributed by atoms with Crippen molar-refractivity contribution < 1.29 is 19.1 Å². The van der Waals surface area contributed by atoms with Gasteiger partial charge in [0.15, 0.2) is 0 Å². The van der Waals surface area contributed by atoms with Crippen LogP contribution >= 0.6 is 0 Å². The molecule has 0 atom stereocenters. The standard InChI is InChI=1S/C23H33N3O4/c1-17(2)5-10-23(29)26-13-11-25(12-14-26)22(28)4-3-15-30-19-7-8-20-18(16-19)6-9-21(27)24-20/h7-8,16-17H,3-6,9-15H2,1-2H3,(H,24,27). The van der Waals surface area contributed by atoms with Gasteiger partial charge in [0.25, 0.3) is 0 Å². The molecule has 2 heterocycles. The number of amides is 3. The van der Waals surface area contributed by atoms with Crippen LogP contribution in [0.2, 0.25) is 0 Å². The molecular weight excluding hydrogens is 382 g/mol. The fraction of sp³-hybridized carbons (Fsp3) is 0.609. The van der Waals surface area contributed by atoms with E-state index in [9.17, 15) is 14.4 Å². The van der Waals surface area contributed by atoms with Crippen LogP contribution in [0.5, 0.6) is 5.75 Å². The molecular formula is C23H33N3O4. The second-order valence-corrected chi connectivity index (χ2v) is 8.51. The number of benzene rings is 1. The fourth-order valence-electron chi connectivity index (χ4n) is 3.80. The first-order chi connectivity index (χ1) is 14.4. The molecule has 1 aromatic carbocycles. The number of hydrogen-bond donors (Lipinski definition) is 1. The molecule has 1 aromatic rings. The van der Waals surface area contributed by atoms with Crippen LogP contribution in [0.4, 0.5) is 5.69 Å². The number of carbonyl (C=O) groups is 3. The zero-order valence-electron chi connectivity index (χ0n) is 18.1. The van der Waals surface area contributed by atoms with Crippen molar-refractivity contribution in [2.45, 2.75) is 52.4 Å². The number of carbonyl (C=O) groups excluding carboxylic acids is 3. The Morgan fingerprint density at radius 2 is 1.70 bits per heavy atom. The van der Waals surface area contributed by atoms with Crippen molar-refractivity contribution in [3.63, 3.8) is 0 Å². The molecule has 3 amide bonds. The summed E-state index contributed by atoms with van der Waals surface area (Å²) in [6.07, 6.45) is 3.83. The van der Waals surface area contributed by atoms with Gasteiger partial charge in [0.2, 0.25) is 17.7 Å². The van der Waals surface area contributed by atoms with Gasteiger partial charge in [-0.05, 0) is 48.9 Å². The molecule has 30 heavy (non-hydrogen) atoms. The second-order valence-electron chi connectivity index (χ2n) is 8.51. The quantitative estimate of drug-likeness (QED) is 0.662. The molecule has 0 unspecified atom stereocenters.